The van der Waals surface area contributed by atoms with Gasteiger partial charge < -0.3 is 14.8 Å². The van der Waals surface area contributed by atoms with E-state index in [0.717, 1.165) is 5.56 Å². The lowest BCUT2D eigenvalue weighted by Crippen LogP contribution is -2.30. The number of ether oxygens (including phenoxy) is 2. The Morgan fingerprint density at radius 1 is 1.03 bits per heavy atom. The third kappa shape index (κ3) is 5.72. The number of nitrogens with zero attached hydrogens (tertiary/aromatic N) is 1. The molecule has 8 heteroatoms. The van der Waals surface area contributed by atoms with E-state index in [9.17, 15) is 9.59 Å². The van der Waals surface area contributed by atoms with E-state index >= 15 is 0 Å². The summed E-state index contributed by atoms with van der Waals surface area (Å²) in [5.74, 6) is -0.861. The first kappa shape index (κ1) is 21.6. The lowest BCUT2D eigenvalue weighted by atomic mass is 10.2. The minimum atomic E-state index is -1.06. The number of pyridine rings is 1. The highest BCUT2D eigenvalue weighted by Gasteiger charge is 2.22. The van der Waals surface area contributed by atoms with Crippen LogP contribution in [0, 0.1) is 0 Å². The molecule has 0 fully saturated rings. The van der Waals surface area contributed by atoms with Crippen molar-refractivity contribution in [3.05, 3.63) is 88.2 Å². The highest BCUT2D eigenvalue weighted by molar-refractivity contribution is 6.32. The van der Waals surface area contributed by atoms with Gasteiger partial charge in [0.1, 0.15) is 17.9 Å². The quantitative estimate of drug-likeness (QED) is 0.402. The molecule has 154 valence electrons. The van der Waals surface area contributed by atoms with Crippen molar-refractivity contribution in [2.75, 3.05) is 5.32 Å². The zero-order valence-electron chi connectivity index (χ0n) is 16.0. The van der Waals surface area contributed by atoms with E-state index in [4.69, 9.17) is 32.7 Å². The normalized spacial score (nSPS) is 11.4. The van der Waals surface area contributed by atoms with Crippen LogP contribution < -0.4 is 10.1 Å². The number of anilines is 1. The number of halogens is 2. The molecular formula is C22H18Cl2N2O4. The van der Waals surface area contributed by atoms with Crippen molar-refractivity contribution in [2.45, 2.75) is 19.6 Å². The molecule has 0 radical (unpaired) electrons. The molecule has 3 aromatic rings. The van der Waals surface area contributed by atoms with E-state index in [2.05, 4.69) is 10.3 Å². The fourth-order valence-corrected chi connectivity index (χ4v) is 2.79. The maximum Gasteiger partial charge on any atom is 0.342 e. The molecule has 0 aliphatic heterocycles. The molecule has 1 amide bonds. The van der Waals surface area contributed by atoms with E-state index in [1.165, 1.54) is 13.1 Å². The van der Waals surface area contributed by atoms with Gasteiger partial charge in [0.05, 0.1) is 5.69 Å². The van der Waals surface area contributed by atoms with Gasteiger partial charge in [0.15, 0.2) is 11.3 Å². The number of hydrogen-bond donors (Lipinski definition) is 1. The van der Waals surface area contributed by atoms with E-state index in [1.54, 1.807) is 48.5 Å². The van der Waals surface area contributed by atoms with Crippen molar-refractivity contribution in [3.63, 3.8) is 0 Å². The number of carbonyl (C=O) groups is 2. The van der Waals surface area contributed by atoms with Crippen LogP contribution in [-0.4, -0.2) is 23.0 Å². The van der Waals surface area contributed by atoms with Gasteiger partial charge in [-0.25, -0.2) is 9.78 Å². The predicted octanol–water partition coefficient (Wildman–Crippen LogP) is 5.15. The van der Waals surface area contributed by atoms with Crippen molar-refractivity contribution in [2.24, 2.45) is 0 Å². The van der Waals surface area contributed by atoms with Crippen LogP contribution in [0.4, 0.5) is 5.69 Å². The van der Waals surface area contributed by atoms with E-state index in [-0.39, 0.29) is 17.3 Å². The summed E-state index contributed by atoms with van der Waals surface area (Å²) in [6.45, 7) is 1.71. The van der Waals surface area contributed by atoms with Gasteiger partial charge in [0, 0.05) is 11.2 Å². The molecule has 1 heterocycles. The summed E-state index contributed by atoms with van der Waals surface area (Å²) in [7, 11) is 0. The van der Waals surface area contributed by atoms with Gasteiger partial charge in [-0.15, -0.1) is 0 Å². The van der Waals surface area contributed by atoms with Crippen LogP contribution in [0.15, 0.2) is 66.9 Å². The predicted molar refractivity (Wildman–Crippen MR) is 115 cm³/mol. The first-order chi connectivity index (χ1) is 14.4. The Morgan fingerprint density at radius 2 is 1.77 bits per heavy atom. The zero-order chi connectivity index (χ0) is 21.5. The number of amides is 1. The number of nitrogens with one attached hydrogen (secondary N) is 1. The minimum absolute atomic E-state index is 0.144. The van der Waals surface area contributed by atoms with Gasteiger partial charge in [-0.05, 0) is 48.9 Å². The van der Waals surface area contributed by atoms with Gasteiger partial charge in [-0.1, -0.05) is 47.5 Å². The molecule has 0 saturated heterocycles. The molecule has 0 bridgehead atoms. The second kappa shape index (κ2) is 10.1. The molecule has 0 aliphatic carbocycles. The summed E-state index contributed by atoms with van der Waals surface area (Å²) in [6, 6.07) is 17.1. The summed E-state index contributed by atoms with van der Waals surface area (Å²) in [6.07, 6.45) is 0.445. The lowest BCUT2D eigenvalue weighted by Gasteiger charge is -2.15. The summed E-state index contributed by atoms with van der Waals surface area (Å²) >= 11 is 11.8. The lowest BCUT2D eigenvalue weighted by molar-refractivity contribution is -0.123. The third-order valence-electron chi connectivity index (χ3n) is 4.08. The topological polar surface area (TPSA) is 77.5 Å². The second-order valence-corrected chi connectivity index (χ2v) is 7.08. The molecule has 30 heavy (non-hydrogen) atoms. The van der Waals surface area contributed by atoms with Gasteiger partial charge in [-0.2, -0.15) is 0 Å². The number of rotatable bonds is 7. The Bertz CT molecular complexity index is 1040. The number of esters is 1. The molecule has 0 spiro atoms. The zero-order valence-corrected chi connectivity index (χ0v) is 17.5. The Morgan fingerprint density at radius 3 is 2.50 bits per heavy atom. The number of aromatic nitrogens is 1. The maximum atomic E-state index is 12.6. The van der Waals surface area contributed by atoms with Crippen molar-refractivity contribution in [3.8, 4) is 5.75 Å². The number of hydrogen-bond acceptors (Lipinski definition) is 5. The standard InChI is InChI=1S/C22H18Cl2N2O4/c1-14(21(27)26-18-6-4-12-25-20(18)24)30-22(28)17-5-2-3-7-19(17)29-13-15-8-10-16(23)11-9-15/h2-12,14H,13H2,1H3,(H,26,27)/t14-/m0/s1. The van der Waals surface area contributed by atoms with E-state index in [0.29, 0.717) is 16.5 Å². The van der Waals surface area contributed by atoms with Crippen molar-refractivity contribution >= 4 is 40.8 Å². The summed E-state index contributed by atoms with van der Waals surface area (Å²) < 4.78 is 11.1. The summed E-state index contributed by atoms with van der Waals surface area (Å²) in [5, 5.41) is 3.35. The molecule has 1 atom stereocenters. The smallest absolute Gasteiger partial charge is 0.342 e. The number of para-hydroxylation sites is 1. The molecule has 6 nitrogen and oxygen atoms in total. The molecular weight excluding hydrogens is 427 g/mol. The average molecular weight is 445 g/mol. The van der Waals surface area contributed by atoms with Gasteiger partial charge in [0.2, 0.25) is 0 Å². The van der Waals surface area contributed by atoms with Crippen molar-refractivity contribution in [1.82, 2.24) is 4.98 Å². The van der Waals surface area contributed by atoms with Gasteiger partial charge in [0.25, 0.3) is 5.91 Å². The molecule has 2 aromatic carbocycles. The summed E-state index contributed by atoms with van der Waals surface area (Å²) in [4.78, 5) is 28.8. The fraction of sp³-hybridized carbons (Fsp3) is 0.136. The maximum absolute atomic E-state index is 12.6. The van der Waals surface area contributed by atoms with E-state index < -0.39 is 18.0 Å². The molecule has 1 aromatic heterocycles. The molecule has 0 aliphatic rings. The summed E-state index contributed by atoms with van der Waals surface area (Å²) in [5.41, 5.74) is 1.44. The highest BCUT2D eigenvalue weighted by atomic mass is 35.5. The van der Waals surface area contributed by atoms with Gasteiger partial charge >= 0.3 is 5.97 Å². The first-order valence-electron chi connectivity index (χ1n) is 9.02. The van der Waals surface area contributed by atoms with Gasteiger partial charge in [-0.3, -0.25) is 4.79 Å². The number of carbonyl (C=O) groups excluding carboxylic acids is 2. The Kier molecular flexibility index (Phi) is 7.27. The molecule has 0 unspecified atom stereocenters. The van der Waals surface area contributed by atoms with Crippen LogP contribution in [0.25, 0.3) is 0 Å². The van der Waals surface area contributed by atoms with Crippen LogP contribution in [0.1, 0.15) is 22.8 Å². The average Bonchev–Trinajstić information content (AvgIpc) is 2.75. The Labute approximate surface area is 183 Å². The van der Waals surface area contributed by atoms with Crippen molar-refractivity contribution < 1.29 is 19.1 Å². The van der Waals surface area contributed by atoms with Crippen molar-refractivity contribution in [1.29, 1.82) is 0 Å². The minimum Gasteiger partial charge on any atom is -0.488 e. The van der Waals surface area contributed by atoms with Crippen LogP contribution in [0.3, 0.4) is 0 Å². The largest absolute Gasteiger partial charge is 0.488 e. The molecule has 0 saturated carbocycles. The van der Waals surface area contributed by atoms with Crippen LogP contribution in [0.2, 0.25) is 10.2 Å². The fourth-order valence-electron chi connectivity index (χ4n) is 2.49. The Balaban J connectivity index is 1.64. The third-order valence-corrected chi connectivity index (χ3v) is 4.64. The van der Waals surface area contributed by atoms with Crippen LogP contribution in [-0.2, 0) is 16.1 Å². The second-order valence-electron chi connectivity index (χ2n) is 6.29. The van der Waals surface area contributed by atoms with Crippen LogP contribution >= 0.6 is 23.2 Å². The van der Waals surface area contributed by atoms with Crippen LogP contribution in [0.5, 0.6) is 5.75 Å². The molecule has 3 rings (SSSR count). The monoisotopic (exact) mass is 444 g/mol. The number of benzene rings is 2. The Hall–Kier alpha value is -3.09. The van der Waals surface area contributed by atoms with E-state index in [1.807, 2.05) is 12.1 Å². The highest BCUT2D eigenvalue weighted by Crippen LogP contribution is 2.22. The first-order valence-corrected chi connectivity index (χ1v) is 9.78. The molecule has 1 N–H and O–H groups in total. The SMILES string of the molecule is C[C@H](OC(=O)c1ccccc1OCc1ccc(Cl)cc1)C(=O)Nc1cccnc1Cl.